The lowest BCUT2D eigenvalue weighted by Gasteiger charge is -2.55. The van der Waals surface area contributed by atoms with Gasteiger partial charge in [0.05, 0.1) is 0 Å². The van der Waals surface area contributed by atoms with Crippen LogP contribution in [-0.2, 0) is 4.74 Å². The van der Waals surface area contributed by atoms with Crippen LogP contribution in [0.2, 0.25) is 0 Å². The molecule has 0 saturated heterocycles. The fourth-order valence-corrected chi connectivity index (χ4v) is 4.22. The summed E-state index contributed by atoms with van der Waals surface area (Å²) in [7, 11) is 0. The normalized spacial score (nSPS) is 47.2. The van der Waals surface area contributed by atoms with Gasteiger partial charge in [0, 0.05) is 5.92 Å². The highest BCUT2D eigenvalue weighted by Crippen LogP contribution is 2.55. The molecule has 0 heterocycles. The van der Waals surface area contributed by atoms with Crippen molar-refractivity contribution in [1.29, 1.82) is 0 Å². The van der Waals surface area contributed by atoms with Crippen LogP contribution in [-0.4, -0.2) is 22.6 Å². The maximum atomic E-state index is 11.0. The summed E-state index contributed by atoms with van der Waals surface area (Å²) in [6.07, 6.45) is 4.16. The molecule has 0 aromatic heterocycles. The summed E-state index contributed by atoms with van der Waals surface area (Å²) in [6, 6.07) is 0. The van der Waals surface area contributed by atoms with Crippen molar-refractivity contribution in [2.24, 2.45) is 28.6 Å². The smallest absolute Gasteiger partial charge is 0.405 e. The van der Waals surface area contributed by atoms with Gasteiger partial charge in [0.25, 0.3) is 0 Å². The number of carbonyl (C=O) groups is 1. The van der Waals surface area contributed by atoms with Crippen LogP contribution in [0.15, 0.2) is 5.16 Å². The summed E-state index contributed by atoms with van der Waals surface area (Å²) < 4.78 is 5.30. The third-order valence-electron chi connectivity index (χ3n) is 4.40. The molecule has 5 heteroatoms. The van der Waals surface area contributed by atoms with Gasteiger partial charge in [-0.05, 0) is 43.9 Å². The van der Waals surface area contributed by atoms with E-state index in [9.17, 15) is 4.79 Å². The maximum Gasteiger partial charge on any atom is 0.405 e. The average molecular weight is 224 g/mol. The highest BCUT2D eigenvalue weighted by molar-refractivity contribution is 5.97. The standard InChI is InChI=1S/C11H16N2O3/c12-10(14)16-11-4-6-1-7(5-11)3-8(2-6)9(11)13-15/h6-8,15H,1-5H2,(H2,12,14). The van der Waals surface area contributed by atoms with Crippen LogP contribution >= 0.6 is 0 Å². The van der Waals surface area contributed by atoms with Gasteiger partial charge in [-0.2, -0.15) is 0 Å². The molecule has 2 atom stereocenters. The van der Waals surface area contributed by atoms with E-state index in [4.69, 9.17) is 15.7 Å². The molecule has 4 saturated carbocycles. The highest BCUT2D eigenvalue weighted by Gasteiger charge is 2.58. The van der Waals surface area contributed by atoms with Crippen LogP contribution in [0.5, 0.6) is 0 Å². The Kier molecular flexibility index (Phi) is 1.94. The molecule has 0 aliphatic heterocycles. The minimum Gasteiger partial charge on any atom is -0.437 e. The van der Waals surface area contributed by atoms with Gasteiger partial charge in [-0.25, -0.2) is 4.79 Å². The number of hydrogen-bond donors (Lipinski definition) is 2. The Morgan fingerprint density at radius 2 is 2.00 bits per heavy atom. The molecule has 88 valence electrons. The molecule has 2 unspecified atom stereocenters. The van der Waals surface area contributed by atoms with Crippen LogP contribution in [0, 0.1) is 17.8 Å². The quantitative estimate of drug-likeness (QED) is 0.522. The highest BCUT2D eigenvalue weighted by atomic mass is 16.6. The third kappa shape index (κ3) is 1.23. The predicted octanol–water partition coefficient (Wildman–Crippen LogP) is 1.49. The number of nitrogens with zero attached hydrogens (tertiary/aromatic N) is 1. The number of oxime groups is 1. The number of carbonyl (C=O) groups excluding carboxylic acids is 1. The van der Waals surface area contributed by atoms with Crippen molar-refractivity contribution in [3.63, 3.8) is 0 Å². The molecule has 0 aromatic rings. The minimum absolute atomic E-state index is 0.288. The largest absolute Gasteiger partial charge is 0.437 e. The summed E-state index contributed by atoms with van der Waals surface area (Å²) in [5.74, 6) is 1.49. The van der Waals surface area contributed by atoms with Gasteiger partial charge >= 0.3 is 6.09 Å². The first-order valence-corrected chi connectivity index (χ1v) is 5.84. The first-order valence-electron chi connectivity index (χ1n) is 5.84. The van der Waals surface area contributed by atoms with E-state index in [1.165, 1.54) is 6.42 Å². The molecule has 3 N–H and O–H groups in total. The fraction of sp³-hybridized carbons (Fsp3) is 0.818. The zero-order valence-electron chi connectivity index (χ0n) is 9.06. The second kappa shape index (κ2) is 3.12. The first-order chi connectivity index (χ1) is 7.63. The lowest BCUT2D eigenvalue weighted by atomic mass is 9.53. The van der Waals surface area contributed by atoms with E-state index in [1.54, 1.807) is 0 Å². The van der Waals surface area contributed by atoms with Crippen LogP contribution < -0.4 is 5.73 Å². The molecule has 5 nitrogen and oxygen atoms in total. The molecule has 4 bridgehead atoms. The third-order valence-corrected chi connectivity index (χ3v) is 4.40. The Morgan fingerprint density at radius 3 is 2.50 bits per heavy atom. The van der Waals surface area contributed by atoms with E-state index in [2.05, 4.69) is 5.16 Å². The Balaban J connectivity index is 1.98. The second-order valence-corrected chi connectivity index (χ2v) is 5.44. The summed E-state index contributed by atoms with van der Waals surface area (Å²) in [6.45, 7) is 0. The number of primary amides is 1. The monoisotopic (exact) mass is 224 g/mol. The topological polar surface area (TPSA) is 84.9 Å². The van der Waals surface area contributed by atoms with Crippen molar-refractivity contribution in [2.75, 3.05) is 0 Å². The zero-order chi connectivity index (χ0) is 11.3. The van der Waals surface area contributed by atoms with Gasteiger partial charge in [0.2, 0.25) is 0 Å². The Bertz CT molecular complexity index is 352. The van der Waals surface area contributed by atoms with Crippen LogP contribution in [0.1, 0.15) is 32.1 Å². The lowest BCUT2D eigenvalue weighted by molar-refractivity contribution is -0.0466. The van der Waals surface area contributed by atoms with Crippen LogP contribution in [0.4, 0.5) is 4.79 Å². The molecule has 4 rings (SSSR count). The molecule has 0 spiro atoms. The van der Waals surface area contributed by atoms with E-state index >= 15 is 0 Å². The Morgan fingerprint density at radius 1 is 1.38 bits per heavy atom. The number of ether oxygens (including phenoxy) is 1. The number of nitrogens with two attached hydrogens (primary N) is 1. The molecule has 4 fully saturated rings. The van der Waals surface area contributed by atoms with Gasteiger partial charge in [0.1, 0.15) is 5.71 Å². The second-order valence-electron chi connectivity index (χ2n) is 5.44. The van der Waals surface area contributed by atoms with Gasteiger partial charge in [-0.3, -0.25) is 0 Å². The fourth-order valence-electron chi connectivity index (χ4n) is 4.22. The maximum absolute atomic E-state index is 11.0. The van der Waals surface area contributed by atoms with Crippen LogP contribution in [0.25, 0.3) is 0 Å². The van der Waals surface area contributed by atoms with Crippen molar-refractivity contribution >= 4 is 11.8 Å². The molecule has 16 heavy (non-hydrogen) atoms. The van der Waals surface area contributed by atoms with Crippen molar-refractivity contribution in [2.45, 2.75) is 37.7 Å². The first kappa shape index (κ1) is 9.93. The van der Waals surface area contributed by atoms with E-state index in [0.717, 1.165) is 25.7 Å². The van der Waals surface area contributed by atoms with E-state index in [-0.39, 0.29) is 5.92 Å². The number of rotatable bonds is 1. The van der Waals surface area contributed by atoms with Gasteiger partial charge in [0.15, 0.2) is 5.60 Å². The molecule has 1 amide bonds. The van der Waals surface area contributed by atoms with Crippen molar-refractivity contribution in [3.8, 4) is 0 Å². The minimum atomic E-state index is -0.761. The molecular formula is C11H16N2O3. The SMILES string of the molecule is NC(=O)OC12CC3CC(CC(C3)C1=NO)C2. The van der Waals surface area contributed by atoms with Crippen molar-refractivity contribution in [1.82, 2.24) is 0 Å². The van der Waals surface area contributed by atoms with Gasteiger partial charge in [-0.15, -0.1) is 0 Å². The summed E-state index contributed by atoms with van der Waals surface area (Å²) >= 11 is 0. The summed E-state index contributed by atoms with van der Waals surface area (Å²) in [4.78, 5) is 11.0. The van der Waals surface area contributed by atoms with Crippen LogP contribution in [0.3, 0.4) is 0 Å². The van der Waals surface area contributed by atoms with Crippen molar-refractivity contribution in [3.05, 3.63) is 0 Å². The zero-order valence-corrected chi connectivity index (χ0v) is 9.06. The lowest BCUT2D eigenvalue weighted by Crippen LogP contribution is -2.60. The predicted molar refractivity (Wildman–Crippen MR) is 56.2 cm³/mol. The summed E-state index contributed by atoms with van der Waals surface area (Å²) in [5, 5.41) is 12.5. The van der Waals surface area contributed by atoms with Gasteiger partial charge < -0.3 is 15.7 Å². The molecular weight excluding hydrogens is 208 g/mol. The number of amides is 1. The molecule has 0 aromatic carbocycles. The number of hydrogen-bond acceptors (Lipinski definition) is 4. The Labute approximate surface area is 93.6 Å². The van der Waals surface area contributed by atoms with Crippen molar-refractivity contribution < 1.29 is 14.7 Å². The van der Waals surface area contributed by atoms with E-state index < -0.39 is 11.7 Å². The molecule has 0 radical (unpaired) electrons. The van der Waals surface area contributed by atoms with E-state index in [0.29, 0.717) is 17.5 Å². The molecule has 4 aliphatic rings. The van der Waals surface area contributed by atoms with Gasteiger partial charge in [-0.1, -0.05) is 5.16 Å². The molecule has 4 aliphatic carbocycles. The average Bonchev–Trinajstić information content (AvgIpc) is 2.13. The Hall–Kier alpha value is -1.26. The summed E-state index contributed by atoms with van der Waals surface area (Å²) in [5.41, 5.74) is 5.10. The van der Waals surface area contributed by atoms with E-state index in [1.807, 2.05) is 0 Å².